The smallest absolute Gasteiger partial charge is 0.222 e. The number of hydrogen-bond acceptors (Lipinski definition) is 3. The Labute approximate surface area is 109 Å². The molecule has 0 radical (unpaired) electrons. The first kappa shape index (κ1) is 11.5. The lowest BCUT2D eigenvalue weighted by Gasteiger charge is -2.00. The van der Waals surface area contributed by atoms with Gasteiger partial charge in [0.05, 0.1) is 18.1 Å². The molecule has 0 aliphatic rings. The van der Waals surface area contributed by atoms with Gasteiger partial charge in [-0.05, 0) is 5.56 Å². The van der Waals surface area contributed by atoms with E-state index in [1.807, 2.05) is 30.3 Å². The highest BCUT2D eigenvalue weighted by Crippen LogP contribution is 2.20. The second-order valence-electron chi connectivity index (χ2n) is 4.30. The van der Waals surface area contributed by atoms with Crippen LogP contribution in [0.25, 0.3) is 11.0 Å². The molecular weight excluding hydrogens is 242 g/mol. The number of H-pyrrole nitrogens is 1. The standard InChI is InChI=1S/C13H13N5O/c1-9(19)15-12-11-7-14-18(13(11)17-16-12)8-10-5-3-2-4-6-10/h2-7H,8H2,1H3,(H2,15,16,17,19). The van der Waals surface area contributed by atoms with Crippen LogP contribution < -0.4 is 5.32 Å². The number of nitrogens with zero attached hydrogens (tertiary/aromatic N) is 3. The highest BCUT2D eigenvalue weighted by atomic mass is 16.1. The van der Waals surface area contributed by atoms with Gasteiger partial charge in [0.2, 0.25) is 5.91 Å². The summed E-state index contributed by atoms with van der Waals surface area (Å²) in [5.41, 5.74) is 1.88. The fourth-order valence-corrected chi connectivity index (χ4v) is 1.99. The van der Waals surface area contributed by atoms with Crippen molar-refractivity contribution in [3.05, 3.63) is 42.1 Å². The summed E-state index contributed by atoms with van der Waals surface area (Å²) in [7, 11) is 0. The van der Waals surface area contributed by atoms with Crippen LogP contribution in [-0.2, 0) is 11.3 Å². The third-order valence-corrected chi connectivity index (χ3v) is 2.83. The molecule has 1 aromatic carbocycles. The highest BCUT2D eigenvalue weighted by Gasteiger charge is 2.12. The molecule has 0 fully saturated rings. The van der Waals surface area contributed by atoms with Gasteiger partial charge < -0.3 is 5.32 Å². The average molecular weight is 255 g/mol. The van der Waals surface area contributed by atoms with E-state index in [-0.39, 0.29) is 5.91 Å². The van der Waals surface area contributed by atoms with E-state index < -0.39 is 0 Å². The van der Waals surface area contributed by atoms with Crippen LogP contribution in [0.1, 0.15) is 12.5 Å². The molecule has 0 spiro atoms. The van der Waals surface area contributed by atoms with Crippen molar-refractivity contribution in [1.82, 2.24) is 20.0 Å². The Kier molecular flexibility index (Phi) is 2.75. The normalized spacial score (nSPS) is 10.8. The van der Waals surface area contributed by atoms with Gasteiger partial charge in [-0.1, -0.05) is 30.3 Å². The summed E-state index contributed by atoms with van der Waals surface area (Å²) in [6, 6.07) is 10.0. The van der Waals surface area contributed by atoms with Crippen molar-refractivity contribution in [1.29, 1.82) is 0 Å². The van der Waals surface area contributed by atoms with E-state index in [4.69, 9.17) is 0 Å². The van der Waals surface area contributed by atoms with Crippen LogP contribution in [0.4, 0.5) is 5.82 Å². The minimum Gasteiger partial charge on any atom is -0.311 e. The molecule has 6 nitrogen and oxygen atoms in total. The average Bonchev–Trinajstić information content (AvgIpc) is 2.95. The zero-order valence-corrected chi connectivity index (χ0v) is 10.4. The Bertz CT molecular complexity index is 713. The summed E-state index contributed by atoms with van der Waals surface area (Å²) < 4.78 is 1.80. The molecule has 0 aliphatic carbocycles. The molecule has 1 amide bonds. The van der Waals surface area contributed by atoms with Crippen molar-refractivity contribution in [2.45, 2.75) is 13.5 Å². The van der Waals surface area contributed by atoms with Crippen molar-refractivity contribution < 1.29 is 4.79 Å². The van der Waals surface area contributed by atoms with Crippen LogP contribution in [0.3, 0.4) is 0 Å². The molecule has 0 unspecified atom stereocenters. The number of nitrogens with one attached hydrogen (secondary N) is 2. The number of carbonyl (C=O) groups excluding carboxylic acids is 1. The number of fused-ring (bicyclic) bond motifs is 1. The quantitative estimate of drug-likeness (QED) is 0.748. The van der Waals surface area contributed by atoms with Crippen molar-refractivity contribution >= 4 is 22.8 Å². The highest BCUT2D eigenvalue weighted by molar-refractivity contribution is 5.97. The first-order valence-electron chi connectivity index (χ1n) is 5.95. The Morgan fingerprint density at radius 3 is 2.89 bits per heavy atom. The Morgan fingerprint density at radius 2 is 2.16 bits per heavy atom. The van der Waals surface area contributed by atoms with Gasteiger partial charge >= 0.3 is 0 Å². The zero-order chi connectivity index (χ0) is 13.2. The van der Waals surface area contributed by atoms with Gasteiger partial charge in [0.1, 0.15) is 5.82 Å². The number of aromatic nitrogens is 4. The largest absolute Gasteiger partial charge is 0.311 e. The number of hydrogen-bond donors (Lipinski definition) is 2. The summed E-state index contributed by atoms with van der Waals surface area (Å²) in [5, 5.41) is 14.8. The summed E-state index contributed by atoms with van der Waals surface area (Å²) in [4.78, 5) is 11.1. The van der Waals surface area contributed by atoms with Crippen molar-refractivity contribution in [2.24, 2.45) is 0 Å². The van der Waals surface area contributed by atoms with Gasteiger partial charge in [-0.2, -0.15) is 10.2 Å². The van der Waals surface area contributed by atoms with E-state index in [0.717, 1.165) is 16.6 Å². The molecule has 0 saturated carbocycles. The van der Waals surface area contributed by atoms with E-state index in [1.165, 1.54) is 6.92 Å². The second kappa shape index (κ2) is 4.56. The maximum atomic E-state index is 11.1. The molecule has 19 heavy (non-hydrogen) atoms. The molecule has 0 saturated heterocycles. The lowest BCUT2D eigenvalue weighted by molar-refractivity contribution is -0.114. The molecule has 0 aliphatic heterocycles. The van der Waals surface area contributed by atoms with Gasteiger partial charge in [-0.3, -0.25) is 9.89 Å². The van der Waals surface area contributed by atoms with Crippen LogP contribution >= 0.6 is 0 Å². The fraction of sp³-hybridized carbons (Fsp3) is 0.154. The summed E-state index contributed by atoms with van der Waals surface area (Å²) in [5.74, 6) is 0.447. The predicted octanol–water partition coefficient (Wildman–Crippen LogP) is 1.77. The molecule has 2 N–H and O–H groups in total. The van der Waals surface area contributed by atoms with E-state index in [9.17, 15) is 4.79 Å². The molecule has 0 atom stereocenters. The number of rotatable bonds is 3. The van der Waals surface area contributed by atoms with Crippen molar-refractivity contribution in [2.75, 3.05) is 5.32 Å². The minimum atomic E-state index is -0.138. The first-order chi connectivity index (χ1) is 9.24. The number of benzene rings is 1. The first-order valence-corrected chi connectivity index (χ1v) is 5.95. The van der Waals surface area contributed by atoms with Gasteiger partial charge in [0.25, 0.3) is 0 Å². The van der Waals surface area contributed by atoms with Gasteiger partial charge in [-0.15, -0.1) is 0 Å². The summed E-state index contributed by atoms with van der Waals surface area (Å²) in [6.07, 6.45) is 1.70. The Balaban J connectivity index is 1.93. The summed E-state index contributed by atoms with van der Waals surface area (Å²) in [6.45, 7) is 2.11. The van der Waals surface area contributed by atoms with Crippen LogP contribution in [-0.4, -0.2) is 25.9 Å². The lowest BCUT2D eigenvalue weighted by atomic mass is 10.2. The SMILES string of the molecule is CC(=O)Nc1[nH]nc2c1cnn2Cc1ccccc1. The molecule has 3 aromatic rings. The Hall–Kier alpha value is -2.63. The molecular formula is C13H13N5O. The molecule has 3 rings (SSSR count). The van der Waals surface area contributed by atoms with Crippen LogP contribution in [0.5, 0.6) is 0 Å². The van der Waals surface area contributed by atoms with Gasteiger partial charge in [0, 0.05) is 6.92 Å². The lowest BCUT2D eigenvalue weighted by Crippen LogP contribution is -2.06. The monoisotopic (exact) mass is 255 g/mol. The molecule has 6 heteroatoms. The maximum Gasteiger partial charge on any atom is 0.222 e. The number of anilines is 1. The van der Waals surface area contributed by atoms with Crippen molar-refractivity contribution in [3.63, 3.8) is 0 Å². The third-order valence-electron chi connectivity index (χ3n) is 2.83. The topological polar surface area (TPSA) is 75.6 Å². The van der Waals surface area contributed by atoms with Crippen LogP contribution in [0.15, 0.2) is 36.5 Å². The fourth-order valence-electron chi connectivity index (χ4n) is 1.99. The summed E-state index contributed by atoms with van der Waals surface area (Å²) >= 11 is 0. The molecule has 2 heterocycles. The van der Waals surface area contributed by atoms with Gasteiger partial charge in [-0.25, -0.2) is 4.68 Å². The van der Waals surface area contributed by atoms with Crippen LogP contribution in [0, 0.1) is 0 Å². The zero-order valence-electron chi connectivity index (χ0n) is 10.4. The van der Waals surface area contributed by atoms with Gasteiger partial charge in [0.15, 0.2) is 5.65 Å². The number of carbonyl (C=O) groups is 1. The predicted molar refractivity (Wildman–Crippen MR) is 71.7 cm³/mol. The van der Waals surface area contributed by atoms with E-state index >= 15 is 0 Å². The number of amides is 1. The van der Waals surface area contributed by atoms with Crippen LogP contribution in [0.2, 0.25) is 0 Å². The molecule has 2 aromatic heterocycles. The van der Waals surface area contributed by atoms with E-state index in [0.29, 0.717) is 12.4 Å². The number of aromatic amines is 1. The van der Waals surface area contributed by atoms with E-state index in [2.05, 4.69) is 20.6 Å². The van der Waals surface area contributed by atoms with E-state index in [1.54, 1.807) is 10.9 Å². The molecule has 96 valence electrons. The molecule has 0 bridgehead atoms. The third kappa shape index (κ3) is 2.20. The van der Waals surface area contributed by atoms with Crippen molar-refractivity contribution in [3.8, 4) is 0 Å². The minimum absolute atomic E-state index is 0.138. The Morgan fingerprint density at radius 1 is 1.37 bits per heavy atom. The maximum absolute atomic E-state index is 11.1. The second-order valence-corrected chi connectivity index (χ2v) is 4.30.